The van der Waals surface area contributed by atoms with Crippen LogP contribution in [-0.4, -0.2) is 26.8 Å². The van der Waals surface area contributed by atoms with Crippen LogP contribution in [0.3, 0.4) is 0 Å². The van der Waals surface area contributed by atoms with Crippen LogP contribution in [0.5, 0.6) is 0 Å². The van der Waals surface area contributed by atoms with Crippen LogP contribution in [0.1, 0.15) is 5.56 Å². The maximum absolute atomic E-state index is 11.8. The number of carbonyl (C=O) groups excluding carboxylic acids is 1. The van der Waals surface area contributed by atoms with Gasteiger partial charge in [0.15, 0.2) is 5.16 Å². The predicted molar refractivity (Wildman–Crippen MR) is 76.9 cm³/mol. The number of hydrogen-bond acceptors (Lipinski definition) is 4. The first kappa shape index (κ1) is 14.2. The number of amides is 1. The van der Waals surface area contributed by atoms with Gasteiger partial charge in [0.1, 0.15) is 6.33 Å². The van der Waals surface area contributed by atoms with E-state index >= 15 is 0 Å². The van der Waals surface area contributed by atoms with Crippen molar-refractivity contribution in [2.45, 2.75) is 12.1 Å². The van der Waals surface area contributed by atoms with Crippen LogP contribution in [0.2, 0.25) is 10.0 Å². The Morgan fingerprint density at radius 2 is 2.26 bits per heavy atom. The molecule has 2 N–H and O–H groups in total. The summed E-state index contributed by atoms with van der Waals surface area (Å²) in [7, 11) is 0. The van der Waals surface area contributed by atoms with Crippen molar-refractivity contribution in [1.29, 1.82) is 0 Å². The fraction of sp³-hybridized carbons (Fsp3) is 0.182. The van der Waals surface area contributed by atoms with Crippen molar-refractivity contribution in [1.82, 2.24) is 15.2 Å². The second-order valence-corrected chi connectivity index (χ2v) is 5.43. The van der Waals surface area contributed by atoms with Gasteiger partial charge in [0.05, 0.1) is 21.5 Å². The highest BCUT2D eigenvalue weighted by atomic mass is 35.5. The van der Waals surface area contributed by atoms with Crippen LogP contribution in [0.15, 0.2) is 23.6 Å². The zero-order valence-electron chi connectivity index (χ0n) is 9.91. The summed E-state index contributed by atoms with van der Waals surface area (Å²) >= 11 is 13.4. The highest BCUT2D eigenvalue weighted by Gasteiger charge is 2.12. The van der Waals surface area contributed by atoms with E-state index in [4.69, 9.17) is 23.2 Å². The van der Waals surface area contributed by atoms with Gasteiger partial charge < -0.3 is 5.32 Å². The zero-order valence-corrected chi connectivity index (χ0v) is 12.2. The first-order chi connectivity index (χ1) is 9.08. The van der Waals surface area contributed by atoms with Crippen molar-refractivity contribution in [3.05, 3.63) is 34.1 Å². The van der Waals surface area contributed by atoms with E-state index in [1.807, 2.05) is 6.92 Å². The van der Waals surface area contributed by atoms with Gasteiger partial charge in [-0.1, -0.05) is 41.0 Å². The molecule has 8 heteroatoms. The number of benzene rings is 1. The van der Waals surface area contributed by atoms with Crippen LogP contribution in [0.4, 0.5) is 5.69 Å². The molecule has 1 amide bonds. The average molecular weight is 317 g/mol. The summed E-state index contributed by atoms with van der Waals surface area (Å²) in [5.74, 6) is -0.0220. The number of rotatable bonds is 4. The highest BCUT2D eigenvalue weighted by Crippen LogP contribution is 2.33. The van der Waals surface area contributed by atoms with E-state index < -0.39 is 0 Å². The molecule has 0 saturated carbocycles. The van der Waals surface area contributed by atoms with E-state index in [1.54, 1.807) is 12.1 Å². The number of aryl methyl sites for hydroxylation is 1. The molecular formula is C11H10Cl2N4OS. The van der Waals surface area contributed by atoms with Crippen LogP contribution >= 0.6 is 35.0 Å². The van der Waals surface area contributed by atoms with Crippen LogP contribution in [0.25, 0.3) is 0 Å². The van der Waals surface area contributed by atoms with Crippen molar-refractivity contribution in [2.24, 2.45) is 0 Å². The third kappa shape index (κ3) is 3.62. The van der Waals surface area contributed by atoms with Gasteiger partial charge in [0.25, 0.3) is 0 Å². The Bertz CT molecular complexity index is 589. The summed E-state index contributed by atoms with van der Waals surface area (Å²) in [4.78, 5) is 15.7. The molecule has 0 radical (unpaired) electrons. The molecule has 2 aromatic rings. The van der Waals surface area contributed by atoms with Crippen LogP contribution < -0.4 is 5.32 Å². The number of anilines is 1. The molecule has 2 rings (SSSR count). The molecule has 100 valence electrons. The number of thioether (sulfide) groups is 1. The van der Waals surface area contributed by atoms with Gasteiger partial charge in [0.2, 0.25) is 5.91 Å². The Morgan fingerprint density at radius 3 is 2.95 bits per heavy atom. The number of hydrogen-bond donors (Lipinski definition) is 2. The average Bonchev–Trinajstić information content (AvgIpc) is 2.90. The Hall–Kier alpha value is -1.24. The lowest BCUT2D eigenvalue weighted by Crippen LogP contribution is -2.15. The third-order valence-corrected chi connectivity index (χ3v) is 3.96. The highest BCUT2D eigenvalue weighted by molar-refractivity contribution is 7.99. The third-order valence-electron chi connectivity index (χ3n) is 2.28. The van der Waals surface area contributed by atoms with Gasteiger partial charge in [-0.05, 0) is 18.6 Å². The number of nitrogens with one attached hydrogen (secondary N) is 2. The van der Waals surface area contributed by atoms with Crippen LogP contribution in [-0.2, 0) is 4.79 Å². The van der Waals surface area contributed by atoms with Gasteiger partial charge in [-0.15, -0.1) is 0 Å². The van der Waals surface area contributed by atoms with Gasteiger partial charge in [-0.25, -0.2) is 4.98 Å². The monoisotopic (exact) mass is 316 g/mol. The largest absolute Gasteiger partial charge is 0.323 e. The molecular weight excluding hydrogens is 307 g/mol. The summed E-state index contributed by atoms with van der Waals surface area (Å²) in [6, 6.07) is 3.49. The first-order valence-corrected chi connectivity index (χ1v) is 7.04. The van der Waals surface area contributed by atoms with Crippen molar-refractivity contribution in [3.8, 4) is 0 Å². The Balaban J connectivity index is 2.01. The first-order valence-electron chi connectivity index (χ1n) is 5.30. The Morgan fingerprint density at radius 1 is 1.47 bits per heavy atom. The molecule has 0 unspecified atom stereocenters. The van der Waals surface area contributed by atoms with Crippen molar-refractivity contribution >= 4 is 46.6 Å². The van der Waals surface area contributed by atoms with Gasteiger partial charge in [0, 0.05) is 0 Å². The fourth-order valence-electron chi connectivity index (χ4n) is 1.34. The lowest BCUT2D eigenvalue weighted by Gasteiger charge is -2.10. The quantitative estimate of drug-likeness (QED) is 0.850. The second-order valence-electron chi connectivity index (χ2n) is 3.68. The molecule has 1 aromatic carbocycles. The van der Waals surface area contributed by atoms with Gasteiger partial charge in [-0.3, -0.25) is 9.89 Å². The summed E-state index contributed by atoms with van der Waals surface area (Å²) in [5.41, 5.74) is 1.29. The summed E-state index contributed by atoms with van der Waals surface area (Å²) in [6.07, 6.45) is 1.38. The standard InChI is InChI=1S/C11H10Cl2N4OS/c1-6-2-3-7(12)10(9(6)13)16-8(18)4-19-11-14-5-15-17-11/h2-3,5H,4H2,1H3,(H,16,18)(H,14,15,17). The minimum absolute atomic E-state index is 0.190. The molecule has 0 saturated heterocycles. The molecule has 0 fully saturated rings. The topological polar surface area (TPSA) is 70.7 Å². The number of aromatic amines is 1. The molecule has 5 nitrogen and oxygen atoms in total. The lowest BCUT2D eigenvalue weighted by molar-refractivity contribution is -0.113. The van der Waals surface area contributed by atoms with E-state index in [2.05, 4.69) is 20.5 Å². The zero-order chi connectivity index (χ0) is 13.8. The molecule has 0 aliphatic carbocycles. The maximum atomic E-state index is 11.8. The van der Waals surface area contributed by atoms with Crippen molar-refractivity contribution in [2.75, 3.05) is 11.1 Å². The lowest BCUT2D eigenvalue weighted by atomic mass is 10.2. The maximum Gasteiger partial charge on any atom is 0.234 e. The number of H-pyrrole nitrogens is 1. The molecule has 1 heterocycles. The molecule has 0 atom stereocenters. The van der Waals surface area contributed by atoms with Crippen molar-refractivity contribution < 1.29 is 4.79 Å². The number of nitrogens with zero attached hydrogens (tertiary/aromatic N) is 2. The van der Waals surface area contributed by atoms with E-state index in [0.29, 0.717) is 20.9 Å². The minimum Gasteiger partial charge on any atom is -0.323 e. The van der Waals surface area contributed by atoms with Gasteiger partial charge in [-0.2, -0.15) is 5.10 Å². The number of carbonyl (C=O) groups is 1. The van der Waals surface area contributed by atoms with Crippen LogP contribution in [0, 0.1) is 6.92 Å². The molecule has 0 bridgehead atoms. The summed E-state index contributed by atoms with van der Waals surface area (Å²) in [6.45, 7) is 1.84. The summed E-state index contributed by atoms with van der Waals surface area (Å²) in [5, 5.41) is 10.5. The number of aromatic nitrogens is 3. The molecule has 1 aromatic heterocycles. The predicted octanol–water partition coefficient (Wildman–Crippen LogP) is 3.15. The SMILES string of the molecule is Cc1ccc(Cl)c(NC(=O)CSc2ncn[nH]2)c1Cl. The Kier molecular flexibility index (Phi) is 4.68. The summed E-state index contributed by atoms with van der Waals surface area (Å²) < 4.78 is 0. The van der Waals surface area contributed by atoms with E-state index in [0.717, 1.165) is 5.56 Å². The van der Waals surface area contributed by atoms with E-state index in [1.165, 1.54) is 18.1 Å². The molecule has 0 aliphatic rings. The minimum atomic E-state index is -0.212. The fourth-order valence-corrected chi connectivity index (χ4v) is 2.39. The molecule has 19 heavy (non-hydrogen) atoms. The molecule has 0 aliphatic heterocycles. The molecule has 0 spiro atoms. The smallest absolute Gasteiger partial charge is 0.234 e. The van der Waals surface area contributed by atoms with E-state index in [-0.39, 0.29) is 11.7 Å². The Labute approximate surface area is 124 Å². The number of halogens is 2. The second kappa shape index (κ2) is 6.27. The normalized spacial score (nSPS) is 10.5. The van der Waals surface area contributed by atoms with Crippen molar-refractivity contribution in [3.63, 3.8) is 0 Å². The van der Waals surface area contributed by atoms with Gasteiger partial charge >= 0.3 is 0 Å². The van der Waals surface area contributed by atoms with E-state index in [9.17, 15) is 4.79 Å².